The van der Waals surface area contributed by atoms with Gasteiger partial charge in [0.15, 0.2) is 0 Å². The molecule has 0 atom stereocenters. The maximum Gasteiger partial charge on any atom is 0.573 e. The van der Waals surface area contributed by atoms with Crippen molar-refractivity contribution in [2.24, 2.45) is 0 Å². The molecule has 0 amide bonds. The molecule has 0 spiro atoms. The minimum Gasteiger partial charge on any atom is -0.478 e. The summed E-state index contributed by atoms with van der Waals surface area (Å²) in [6, 6.07) is 0. The lowest BCUT2D eigenvalue weighted by atomic mass is 10.1. The van der Waals surface area contributed by atoms with Crippen LogP contribution in [0.25, 0.3) is 0 Å². The first-order valence-electron chi connectivity index (χ1n) is 4.65. The Bertz CT molecular complexity index is 482. The lowest BCUT2D eigenvalue weighted by Gasteiger charge is -2.19. The Morgan fingerprint density at radius 3 is 2.00 bits per heavy atom. The van der Waals surface area contributed by atoms with Crippen LogP contribution in [0.3, 0.4) is 0 Å². The summed E-state index contributed by atoms with van der Waals surface area (Å²) in [4.78, 5) is 2.89. The summed E-state index contributed by atoms with van der Waals surface area (Å²) in [7, 11) is 0.744. The van der Waals surface area contributed by atoms with Gasteiger partial charge in [0.2, 0.25) is 5.75 Å². The molecule has 1 aromatic heterocycles. The van der Waals surface area contributed by atoms with Crippen LogP contribution in [0.15, 0.2) is 6.20 Å². The standard InChI is InChI=1S/C9H5F8NO2/c1-19-7-5(20-9(15,16)17)4(6(10)11)3(2-18-7)8(12,13)14/h2,6H,1H3. The maximum absolute atomic E-state index is 12.7. The van der Waals surface area contributed by atoms with Gasteiger partial charge < -0.3 is 9.47 Å². The Labute approximate surface area is 106 Å². The van der Waals surface area contributed by atoms with E-state index in [4.69, 9.17) is 0 Å². The van der Waals surface area contributed by atoms with Crippen LogP contribution in [-0.4, -0.2) is 18.5 Å². The van der Waals surface area contributed by atoms with Gasteiger partial charge in [-0.1, -0.05) is 0 Å². The van der Waals surface area contributed by atoms with E-state index in [0.717, 1.165) is 7.11 Å². The number of pyridine rings is 1. The van der Waals surface area contributed by atoms with Crippen LogP contribution in [0.4, 0.5) is 35.1 Å². The summed E-state index contributed by atoms with van der Waals surface area (Å²) in [6.07, 6.45) is -14.7. The third kappa shape index (κ3) is 3.61. The zero-order valence-corrected chi connectivity index (χ0v) is 9.44. The molecule has 1 heterocycles. The first-order chi connectivity index (χ1) is 8.97. The molecule has 11 heteroatoms. The second-order valence-corrected chi connectivity index (χ2v) is 3.27. The van der Waals surface area contributed by atoms with Crippen LogP contribution in [0, 0.1) is 0 Å². The van der Waals surface area contributed by atoms with Crippen molar-refractivity contribution >= 4 is 0 Å². The second kappa shape index (κ2) is 5.29. The molecule has 1 aromatic rings. The van der Waals surface area contributed by atoms with Gasteiger partial charge >= 0.3 is 12.5 Å². The van der Waals surface area contributed by atoms with Crippen LogP contribution < -0.4 is 9.47 Å². The molecule has 0 N–H and O–H groups in total. The van der Waals surface area contributed by atoms with Crippen molar-refractivity contribution < 1.29 is 44.6 Å². The Balaban J connectivity index is 3.58. The number of hydrogen-bond acceptors (Lipinski definition) is 3. The highest BCUT2D eigenvalue weighted by molar-refractivity contribution is 5.48. The van der Waals surface area contributed by atoms with Gasteiger partial charge in [-0.2, -0.15) is 13.2 Å². The number of alkyl halides is 8. The average molecular weight is 311 g/mol. The average Bonchev–Trinajstić information content (AvgIpc) is 2.24. The van der Waals surface area contributed by atoms with Crippen LogP contribution in [-0.2, 0) is 6.18 Å². The van der Waals surface area contributed by atoms with Crippen molar-refractivity contribution in [2.75, 3.05) is 7.11 Å². The van der Waals surface area contributed by atoms with E-state index in [1.165, 1.54) is 0 Å². The van der Waals surface area contributed by atoms with E-state index in [1.54, 1.807) is 0 Å². The number of aromatic nitrogens is 1. The molecule has 0 aliphatic heterocycles. The van der Waals surface area contributed by atoms with Crippen molar-refractivity contribution in [2.45, 2.75) is 19.0 Å². The molecule has 114 valence electrons. The van der Waals surface area contributed by atoms with Gasteiger partial charge in [-0.3, -0.25) is 0 Å². The Kier molecular flexibility index (Phi) is 4.30. The van der Waals surface area contributed by atoms with E-state index in [9.17, 15) is 35.1 Å². The number of methoxy groups -OCH3 is 1. The molecule has 0 aromatic carbocycles. The lowest BCUT2D eigenvalue weighted by Crippen LogP contribution is -2.21. The fourth-order valence-corrected chi connectivity index (χ4v) is 1.29. The molecule has 1 rings (SSSR count). The van der Waals surface area contributed by atoms with E-state index in [0.29, 0.717) is 0 Å². The van der Waals surface area contributed by atoms with Gasteiger partial charge in [0, 0.05) is 6.20 Å². The van der Waals surface area contributed by atoms with Crippen molar-refractivity contribution in [3.63, 3.8) is 0 Å². The first kappa shape index (κ1) is 16.2. The molecular weight excluding hydrogens is 306 g/mol. The number of halogens is 8. The summed E-state index contributed by atoms with van der Waals surface area (Å²) in [5.74, 6) is -2.95. The molecule has 0 fully saturated rings. The molecule has 0 bridgehead atoms. The smallest absolute Gasteiger partial charge is 0.478 e. The molecule has 0 aliphatic rings. The topological polar surface area (TPSA) is 31.4 Å². The molecule has 3 nitrogen and oxygen atoms in total. The summed E-state index contributed by atoms with van der Waals surface area (Å²) >= 11 is 0. The minimum absolute atomic E-state index is 0.0520. The van der Waals surface area contributed by atoms with Gasteiger partial charge in [0.05, 0.1) is 18.2 Å². The van der Waals surface area contributed by atoms with Crippen molar-refractivity contribution in [3.05, 3.63) is 17.3 Å². The highest BCUT2D eigenvalue weighted by Gasteiger charge is 2.42. The van der Waals surface area contributed by atoms with Crippen LogP contribution in [0.5, 0.6) is 11.6 Å². The van der Waals surface area contributed by atoms with E-state index < -0.39 is 41.7 Å². The number of ether oxygens (including phenoxy) is 2. The predicted octanol–water partition coefficient (Wildman–Crippen LogP) is 3.95. The summed E-state index contributed by atoms with van der Waals surface area (Å²) in [5, 5.41) is 0. The molecule has 20 heavy (non-hydrogen) atoms. The van der Waals surface area contributed by atoms with E-state index in [1.807, 2.05) is 0 Å². The zero-order valence-electron chi connectivity index (χ0n) is 9.44. The molecule has 0 aliphatic carbocycles. The summed E-state index contributed by atoms with van der Waals surface area (Å²) in [5.41, 5.74) is -4.02. The van der Waals surface area contributed by atoms with Crippen molar-refractivity contribution in [3.8, 4) is 11.6 Å². The molecule has 0 radical (unpaired) electrons. The quantitative estimate of drug-likeness (QED) is 0.792. The Morgan fingerprint density at radius 1 is 1.10 bits per heavy atom. The number of nitrogens with zero attached hydrogens (tertiary/aromatic N) is 1. The molecular formula is C9H5F8NO2. The van der Waals surface area contributed by atoms with Gasteiger partial charge in [-0.25, -0.2) is 13.8 Å². The van der Waals surface area contributed by atoms with Crippen molar-refractivity contribution in [1.82, 2.24) is 4.98 Å². The largest absolute Gasteiger partial charge is 0.573 e. The Morgan fingerprint density at radius 2 is 1.65 bits per heavy atom. The highest BCUT2D eigenvalue weighted by Crippen LogP contribution is 2.45. The Hall–Kier alpha value is -1.81. The molecule has 0 saturated heterocycles. The van der Waals surface area contributed by atoms with Gasteiger partial charge in [0.25, 0.3) is 12.3 Å². The van der Waals surface area contributed by atoms with Gasteiger partial charge in [-0.05, 0) is 0 Å². The molecule has 0 saturated carbocycles. The third-order valence-electron chi connectivity index (χ3n) is 1.97. The summed E-state index contributed by atoms with van der Waals surface area (Å²) < 4.78 is 107. The van der Waals surface area contributed by atoms with Crippen LogP contribution >= 0.6 is 0 Å². The van der Waals surface area contributed by atoms with E-state index in [-0.39, 0.29) is 6.20 Å². The van der Waals surface area contributed by atoms with Gasteiger partial charge in [0.1, 0.15) is 0 Å². The van der Waals surface area contributed by atoms with E-state index in [2.05, 4.69) is 14.5 Å². The first-order valence-corrected chi connectivity index (χ1v) is 4.65. The van der Waals surface area contributed by atoms with Crippen molar-refractivity contribution in [1.29, 1.82) is 0 Å². The number of hydrogen-bond donors (Lipinski definition) is 0. The highest BCUT2D eigenvalue weighted by atomic mass is 19.4. The van der Waals surface area contributed by atoms with Crippen LogP contribution in [0.2, 0.25) is 0 Å². The third-order valence-corrected chi connectivity index (χ3v) is 1.97. The van der Waals surface area contributed by atoms with Gasteiger partial charge in [-0.15, -0.1) is 13.2 Å². The fourth-order valence-electron chi connectivity index (χ4n) is 1.29. The minimum atomic E-state index is -5.48. The lowest BCUT2D eigenvalue weighted by molar-refractivity contribution is -0.276. The van der Waals surface area contributed by atoms with Crippen LogP contribution in [0.1, 0.15) is 17.6 Å². The second-order valence-electron chi connectivity index (χ2n) is 3.27. The fraction of sp³-hybridized carbons (Fsp3) is 0.444. The summed E-state index contributed by atoms with van der Waals surface area (Å²) in [6.45, 7) is 0. The SMILES string of the molecule is COc1ncc(C(F)(F)F)c(C(F)F)c1OC(F)(F)F. The van der Waals surface area contributed by atoms with E-state index >= 15 is 0 Å². The normalized spacial score (nSPS) is 12.7. The predicted molar refractivity (Wildman–Crippen MR) is 47.4 cm³/mol. The maximum atomic E-state index is 12.7. The zero-order chi connectivity index (χ0) is 15.7. The number of rotatable bonds is 3. The molecule has 0 unspecified atom stereocenters. The monoisotopic (exact) mass is 311 g/mol.